The minimum Gasteiger partial charge on any atom is -0.475 e. The summed E-state index contributed by atoms with van der Waals surface area (Å²) in [6, 6.07) is 3.32. The number of carbonyl (C=O) groups is 1. The van der Waals surface area contributed by atoms with Crippen molar-refractivity contribution in [2.45, 2.75) is 32.8 Å². The van der Waals surface area contributed by atoms with Gasteiger partial charge in [-0.2, -0.15) is 0 Å². The van der Waals surface area contributed by atoms with Crippen molar-refractivity contribution in [3.05, 3.63) is 23.9 Å². The van der Waals surface area contributed by atoms with E-state index < -0.39 is 0 Å². The zero-order valence-corrected chi connectivity index (χ0v) is 12.8. The second-order valence-electron chi connectivity index (χ2n) is 5.40. The molecule has 0 saturated heterocycles. The summed E-state index contributed by atoms with van der Waals surface area (Å²) in [5.74, 6) is 2.73. The number of hydrogen-bond acceptors (Lipinski definition) is 4. The van der Waals surface area contributed by atoms with Crippen LogP contribution in [0.3, 0.4) is 0 Å². The summed E-state index contributed by atoms with van der Waals surface area (Å²) in [7, 11) is 0. The van der Waals surface area contributed by atoms with Crippen LogP contribution in [0, 0.1) is 12.3 Å². The number of nitrogens with zero attached hydrogens (tertiary/aromatic N) is 1. The molecule has 1 amide bonds. The molecule has 1 N–H and O–H groups in total. The molecular formula is C16H22N2O3. The highest BCUT2D eigenvalue weighted by atomic mass is 16.5. The number of terminal acetylenes is 1. The van der Waals surface area contributed by atoms with Crippen molar-refractivity contribution in [2.75, 3.05) is 19.8 Å². The number of hydrogen-bond donors (Lipinski definition) is 1. The molecule has 0 atom stereocenters. The third kappa shape index (κ3) is 7.33. The number of amides is 1. The van der Waals surface area contributed by atoms with Crippen LogP contribution in [0.15, 0.2) is 18.3 Å². The summed E-state index contributed by atoms with van der Waals surface area (Å²) in [5, 5.41) is 2.71. The Labute approximate surface area is 126 Å². The molecule has 0 aromatic carbocycles. The molecule has 5 heteroatoms. The van der Waals surface area contributed by atoms with Crippen LogP contribution in [0.4, 0.5) is 0 Å². The summed E-state index contributed by atoms with van der Waals surface area (Å²) in [6.07, 6.45) is 7.10. The lowest BCUT2D eigenvalue weighted by Gasteiger charge is -2.19. The van der Waals surface area contributed by atoms with Gasteiger partial charge in [0, 0.05) is 25.2 Å². The van der Waals surface area contributed by atoms with E-state index in [9.17, 15) is 4.79 Å². The summed E-state index contributed by atoms with van der Waals surface area (Å²) in [5.41, 5.74) is 0.294. The quantitative estimate of drug-likeness (QED) is 0.616. The molecule has 1 aromatic rings. The van der Waals surface area contributed by atoms with Gasteiger partial charge in [-0.1, -0.05) is 0 Å². The highest BCUT2D eigenvalue weighted by Gasteiger charge is 2.09. The molecule has 0 fully saturated rings. The van der Waals surface area contributed by atoms with Crippen LogP contribution in [-0.4, -0.2) is 36.3 Å². The summed E-state index contributed by atoms with van der Waals surface area (Å²) in [6.45, 7) is 7.31. The SMILES string of the molecule is C#CCCNC(=O)c1ccc(OCCOC(C)(C)C)nc1. The molecule has 0 radical (unpaired) electrons. The molecular weight excluding hydrogens is 268 g/mol. The molecule has 1 heterocycles. The number of ether oxygens (including phenoxy) is 2. The predicted molar refractivity (Wildman–Crippen MR) is 81.2 cm³/mol. The Morgan fingerprint density at radius 2 is 2.14 bits per heavy atom. The maximum Gasteiger partial charge on any atom is 0.252 e. The third-order valence-electron chi connectivity index (χ3n) is 2.42. The minimum absolute atomic E-state index is 0.183. The Balaban J connectivity index is 2.36. The van der Waals surface area contributed by atoms with E-state index >= 15 is 0 Å². The molecule has 5 nitrogen and oxygen atoms in total. The molecule has 1 aromatic heterocycles. The van der Waals surface area contributed by atoms with Crippen LogP contribution < -0.4 is 10.1 Å². The molecule has 0 aliphatic rings. The number of rotatable bonds is 7. The van der Waals surface area contributed by atoms with E-state index in [0.717, 1.165) is 0 Å². The van der Waals surface area contributed by atoms with Gasteiger partial charge in [0.05, 0.1) is 17.8 Å². The van der Waals surface area contributed by atoms with Crippen LogP contribution in [0.5, 0.6) is 5.88 Å². The zero-order chi connectivity index (χ0) is 15.7. The first kappa shape index (κ1) is 17.0. The Hall–Kier alpha value is -2.06. The fourth-order valence-corrected chi connectivity index (χ4v) is 1.44. The van der Waals surface area contributed by atoms with Gasteiger partial charge in [0.2, 0.25) is 5.88 Å². The first-order valence-electron chi connectivity index (χ1n) is 6.87. The molecule has 0 unspecified atom stereocenters. The molecule has 0 bridgehead atoms. The van der Waals surface area contributed by atoms with Gasteiger partial charge < -0.3 is 14.8 Å². The van der Waals surface area contributed by atoms with E-state index in [1.54, 1.807) is 12.1 Å². The van der Waals surface area contributed by atoms with Crippen molar-refractivity contribution >= 4 is 5.91 Å². The molecule has 0 aliphatic carbocycles. The zero-order valence-electron chi connectivity index (χ0n) is 12.8. The topological polar surface area (TPSA) is 60.5 Å². The molecule has 114 valence electrons. The van der Waals surface area contributed by atoms with Crippen molar-refractivity contribution < 1.29 is 14.3 Å². The van der Waals surface area contributed by atoms with Crippen molar-refractivity contribution in [3.63, 3.8) is 0 Å². The Bertz CT molecular complexity index is 484. The summed E-state index contributed by atoms with van der Waals surface area (Å²) >= 11 is 0. The third-order valence-corrected chi connectivity index (χ3v) is 2.42. The minimum atomic E-state index is -0.194. The van der Waals surface area contributed by atoms with Crippen molar-refractivity contribution in [1.29, 1.82) is 0 Å². The number of pyridine rings is 1. The molecule has 1 rings (SSSR count). The Kier molecular flexibility index (Phi) is 6.70. The maximum atomic E-state index is 11.7. The van der Waals surface area contributed by atoms with Crippen molar-refractivity contribution in [2.24, 2.45) is 0 Å². The highest BCUT2D eigenvalue weighted by Crippen LogP contribution is 2.09. The molecule has 21 heavy (non-hydrogen) atoms. The van der Waals surface area contributed by atoms with Gasteiger partial charge in [0.1, 0.15) is 6.61 Å². The van der Waals surface area contributed by atoms with Crippen LogP contribution in [0.2, 0.25) is 0 Å². The second kappa shape index (κ2) is 8.28. The van der Waals surface area contributed by atoms with E-state index in [0.29, 0.717) is 37.6 Å². The van der Waals surface area contributed by atoms with E-state index in [1.165, 1.54) is 6.20 Å². The normalized spacial score (nSPS) is 10.8. The first-order valence-corrected chi connectivity index (χ1v) is 6.87. The Morgan fingerprint density at radius 3 is 2.71 bits per heavy atom. The second-order valence-corrected chi connectivity index (χ2v) is 5.40. The van der Waals surface area contributed by atoms with Crippen LogP contribution in [-0.2, 0) is 4.74 Å². The van der Waals surface area contributed by atoms with Gasteiger partial charge in [-0.3, -0.25) is 4.79 Å². The fraction of sp³-hybridized carbons (Fsp3) is 0.500. The average molecular weight is 290 g/mol. The van der Waals surface area contributed by atoms with Crippen molar-refractivity contribution in [3.8, 4) is 18.2 Å². The van der Waals surface area contributed by atoms with E-state index in [2.05, 4.69) is 16.2 Å². The van der Waals surface area contributed by atoms with Gasteiger partial charge in [0.15, 0.2) is 0 Å². The van der Waals surface area contributed by atoms with Crippen molar-refractivity contribution in [1.82, 2.24) is 10.3 Å². The summed E-state index contributed by atoms with van der Waals surface area (Å²) < 4.78 is 11.0. The number of carbonyl (C=O) groups excluding carboxylic acids is 1. The standard InChI is InChI=1S/C16H22N2O3/c1-5-6-9-17-15(19)13-7-8-14(18-12-13)20-10-11-21-16(2,3)4/h1,7-8,12H,6,9-11H2,2-4H3,(H,17,19). The monoisotopic (exact) mass is 290 g/mol. The van der Waals surface area contributed by atoms with Gasteiger partial charge in [0.25, 0.3) is 5.91 Å². The molecule has 0 spiro atoms. The summed E-state index contributed by atoms with van der Waals surface area (Å²) in [4.78, 5) is 15.8. The van der Waals surface area contributed by atoms with Gasteiger partial charge in [-0.05, 0) is 26.8 Å². The van der Waals surface area contributed by atoms with Crippen LogP contribution in [0.1, 0.15) is 37.6 Å². The lowest BCUT2D eigenvalue weighted by Crippen LogP contribution is -2.24. The van der Waals surface area contributed by atoms with Gasteiger partial charge >= 0.3 is 0 Å². The number of aromatic nitrogens is 1. The molecule has 0 saturated carbocycles. The lowest BCUT2D eigenvalue weighted by atomic mass is 10.2. The Morgan fingerprint density at radius 1 is 1.38 bits per heavy atom. The predicted octanol–water partition coefficient (Wildman–Crippen LogP) is 2.03. The highest BCUT2D eigenvalue weighted by molar-refractivity contribution is 5.93. The maximum absolute atomic E-state index is 11.7. The smallest absolute Gasteiger partial charge is 0.252 e. The molecule has 0 aliphatic heterocycles. The van der Waals surface area contributed by atoms with E-state index in [1.807, 2.05) is 20.8 Å². The van der Waals surface area contributed by atoms with E-state index in [4.69, 9.17) is 15.9 Å². The number of nitrogens with one attached hydrogen (secondary N) is 1. The average Bonchev–Trinajstić information content (AvgIpc) is 2.43. The van der Waals surface area contributed by atoms with Gasteiger partial charge in [-0.15, -0.1) is 12.3 Å². The largest absolute Gasteiger partial charge is 0.475 e. The lowest BCUT2D eigenvalue weighted by molar-refractivity contribution is -0.0168. The fourth-order valence-electron chi connectivity index (χ4n) is 1.44. The first-order chi connectivity index (χ1) is 9.92. The van der Waals surface area contributed by atoms with Gasteiger partial charge in [-0.25, -0.2) is 4.98 Å². The van der Waals surface area contributed by atoms with Crippen LogP contribution >= 0.6 is 0 Å². The van der Waals surface area contributed by atoms with Crippen LogP contribution in [0.25, 0.3) is 0 Å². The van der Waals surface area contributed by atoms with E-state index in [-0.39, 0.29) is 11.5 Å².